The lowest BCUT2D eigenvalue weighted by molar-refractivity contribution is -0.127. The first kappa shape index (κ1) is 32.3. The summed E-state index contributed by atoms with van der Waals surface area (Å²) in [6.45, 7) is 7.98. The summed E-state index contributed by atoms with van der Waals surface area (Å²) in [6.07, 6.45) is 4.76. The van der Waals surface area contributed by atoms with Gasteiger partial charge in [0.2, 0.25) is 11.8 Å². The molecule has 0 spiro atoms. The lowest BCUT2D eigenvalue weighted by Crippen LogP contribution is -2.40. The molecule has 228 valence electrons. The Balaban J connectivity index is 1.38. The summed E-state index contributed by atoms with van der Waals surface area (Å²) in [4.78, 5) is 48.4. The molecule has 0 radical (unpaired) electrons. The molecule has 2 N–H and O–H groups in total. The molecule has 0 saturated heterocycles. The van der Waals surface area contributed by atoms with Crippen LogP contribution in [0.4, 0.5) is 0 Å². The number of hydrogen-bond acceptors (Lipinski definition) is 5. The number of pyridine rings is 2. The second-order valence-electron chi connectivity index (χ2n) is 12.0. The number of hydrogen-bond donors (Lipinski definition) is 2. The Morgan fingerprint density at radius 2 is 1.02 bits per heavy atom. The van der Waals surface area contributed by atoms with Crippen molar-refractivity contribution in [2.45, 2.75) is 52.4 Å². The first-order valence-corrected chi connectivity index (χ1v) is 15.3. The highest BCUT2D eigenvalue weighted by molar-refractivity contribution is 5.93. The van der Waals surface area contributed by atoms with Crippen molar-refractivity contribution < 1.29 is 14.4 Å². The van der Waals surface area contributed by atoms with Gasteiger partial charge in [0.25, 0.3) is 0 Å². The number of carbonyl (C=O) groups excluding carboxylic acids is 3. The van der Waals surface area contributed by atoms with Gasteiger partial charge in [-0.3, -0.25) is 24.4 Å². The quantitative estimate of drug-likeness (QED) is 0.173. The average Bonchev–Trinajstić information content (AvgIpc) is 3.04. The van der Waals surface area contributed by atoms with Crippen LogP contribution in [0, 0.1) is 11.8 Å². The third-order valence-electron chi connectivity index (χ3n) is 7.47. The van der Waals surface area contributed by atoms with E-state index in [2.05, 4.69) is 48.3 Å². The van der Waals surface area contributed by atoms with Crippen LogP contribution < -0.4 is 10.6 Å². The number of Topliss-reactive ketones (excluding diaryl/α,β-unsaturated/α-hetero) is 1. The Bertz CT molecular complexity index is 1420. The van der Waals surface area contributed by atoms with Crippen LogP contribution in [0.15, 0.2) is 97.3 Å². The minimum atomic E-state index is -0.414. The third-order valence-corrected chi connectivity index (χ3v) is 7.47. The van der Waals surface area contributed by atoms with Crippen LogP contribution in [0.5, 0.6) is 0 Å². The lowest BCUT2D eigenvalue weighted by atomic mass is 9.88. The van der Waals surface area contributed by atoms with E-state index in [1.165, 1.54) is 0 Å². The fourth-order valence-corrected chi connectivity index (χ4v) is 5.31. The van der Waals surface area contributed by atoms with Crippen LogP contribution in [0.2, 0.25) is 0 Å². The number of aromatic nitrogens is 2. The van der Waals surface area contributed by atoms with E-state index >= 15 is 0 Å². The van der Waals surface area contributed by atoms with E-state index in [9.17, 15) is 14.4 Å². The molecule has 2 amide bonds. The molecule has 2 heterocycles. The fraction of sp³-hybridized carbons (Fsp3) is 0.324. The molecule has 0 fully saturated rings. The number of nitrogens with one attached hydrogen (secondary N) is 2. The first-order chi connectivity index (χ1) is 21.2. The maximum Gasteiger partial charge on any atom is 0.227 e. The number of nitrogens with zero attached hydrogens (tertiary/aromatic N) is 2. The number of carbonyl (C=O) groups is 3. The number of ketones is 1. The molecule has 0 bridgehead atoms. The van der Waals surface area contributed by atoms with E-state index < -0.39 is 11.8 Å². The van der Waals surface area contributed by atoms with Gasteiger partial charge in [0, 0.05) is 23.5 Å². The Morgan fingerprint density at radius 1 is 0.591 bits per heavy atom. The van der Waals surface area contributed by atoms with Gasteiger partial charge in [0.05, 0.1) is 36.3 Å². The monoisotopic (exact) mass is 590 g/mol. The Morgan fingerprint density at radius 3 is 1.39 bits per heavy atom. The van der Waals surface area contributed by atoms with Crippen molar-refractivity contribution in [3.05, 3.63) is 108 Å². The standard InChI is InChI=1S/C37H42N4O3/c1-25(2)19-32(27-11-9-13-29(21-27)34-15-5-7-17-38-34)36(43)40-23-31(42)24-41-37(44)33(20-26(3)4)28-12-10-14-30(22-28)35-16-6-8-18-39-35/h5-18,21-22,25-26,32-33H,19-20,23-24H2,1-4H3,(H,40,43)(H,41,44). The van der Waals surface area contributed by atoms with Gasteiger partial charge in [-0.15, -0.1) is 0 Å². The van der Waals surface area contributed by atoms with Crippen molar-refractivity contribution in [1.29, 1.82) is 0 Å². The highest BCUT2D eigenvalue weighted by Crippen LogP contribution is 2.29. The van der Waals surface area contributed by atoms with Gasteiger partial charge in [0.1, 0.15) is 0 Å². The zero-order valence-electron chi connectivity index (χ0n) is 26.0. The normalized spacial score (nSPS) is 12.5. The van der Waals surface area contributed by atoms with Crippen molar-refractivity contribution in [3.63, 3.8) is 0 Å². The van der Waals surface area contributed by atoms with E-state index in [-0.39, 0.29) is 42.5 Å². The highest BCUT2D eigenvalue weighted by Gasteiger charge is 2.25. The van der Waals surface area contributed by atoms with Crippen LogP contribution in [0.3, 0.4) is 0 Å². The van der Waals surface area contributed by atoms with E-state index in [1.807, 2.05) is 84.9 Å². The summed E-state index contributed by atoms with van der Waals surface area (Å²) in [5.41, 5.74) is 5.30. The van der Waals surface area contributed by atoms with Gasteiger partial charge < -0.3 is 10.6 Å². The van der Waals surface area contributed by atoms with Gasteiger partial charge >= 0.3 is 0 Å². The summed E-state index contributed by atoms with van der Waals surface area (Å²) in [6, 6.07) is 27.2. The number of amides is 2. The zero-order chi connectivity index (χ0) is 31.5. The molecule has 2 aromatic carbocycles. The molecular formula is C37H42N4O3. The smallest absolute Gasteiger partial charge is 0.227 e. The van der Waals surface area contributed by atoms with E-state index in [0.717, 1.165) is 33.6 Å². The first-order valence-electron chi connectivity index (χ1n) is 15.3. The SMILES string of the molecule is CC(C)CC(C(=O)NCC(=O)CNC(=O)C(CC(C)C)c1cccc(-c2ccccn2)c1)c1cccc(-c2ccccn2)c1. The van der Waals surface area contributed by atoms with Crippen LogP contribution in [0.25, 0.3) is 22.5 Å². The molecule has 0 aliphatic heterocycles. The van der Waals surface area contributed by atoms with Crippen LogP contribution in [0.1, 0.15) is 63.5 Å². The van der Waals surface area contributed by atoms with Gasteiger partial charge in [0.15, 0.2) is 5.78 Å². The molecule has 4 aromatic rings. The number of rotatable bonds is 14. The second-order valence-corrected chi connectivity index (χ2v) is 12.0. The van der Waals surface area contributed by atoms with Crippen molar-refractivity contribution in [2.75, 3.05) is 13.1 Å². The van der Waals surface area contributed by atoms with Crippen LogP contribution in [-0.2, 0) is 14.4 Å². The van der Waals surface area contributed by atoms with Crippen molar-refractivity contribution >= 4 is 17.6 Å². The maximum absolute atomic E-state index is 13.4. The average molecular weight is 591 g/mol. The molecule has 44 heavy (non-hydrogen) atoms. The predicted molar refractivity (Wildman–Crippen MR) is 175 cm³/mol. The van der Waals surface area contributed by atoms with Gasteiger partial charge in [-0.05, 0) is 72.2 Å². The molecule has 0 aliphatic rings. The number of benzene rings is 2. The summed E-state index contributed by atoms with van der Waals surface area (Å²) >= 11 is 0. The molecule has 7 heteroatoms. The Kier molecular flexibility index (Phi) is 11.5. The lowest BCUT2D eigenvalue weighted by Gasteiger charge is -2.21. The highest BCUT2D eigenvalue weighted by atomic mass is 16.2. The van der Waals surface area contributed by atoms with Crippen molar-refractivity contribution in [1.82, 2.24) is 20.6 Å². The van der Waals surface area contributed by atoms with E-state index in [0.29, 0.717) is 12.8 Å². The molecule has 2 atom stereocenters. The maximum atomic E-state index is 13.4. The summed E-state index contributed by atoms with van der Waals surface area (Å²) in [5.74, 6) is -0.962. The Labute approximate surface area is 260 Å². The summed E-state index contributed by atoms with van der Waals surface area (Å²) < 4.78 is 0. The second kappa shape index (κ2) is 15.7. The summed E-state index contributed by atoms with van der Waals surface area (Å²) in [5, 5.41) is 5.65. The molecule has 0 saturated carbocycles. The van der Waals surface area contributed by atoms with E-state index in [1.54, 1.807) is 12.4 Å². The minimum Gasteiger partial charge on any atom is -0.348 e. The summed E-state index contributed by atoms with van der Waals surface area (Å²) in [7, 11) is 0. The molecule has 7 nitrogen and oxygen atoms in total. The van der Waals surface area contributed by atoms with E-state index in [4.69, 9.17) is 0 Å². The predicted octanol–water partition coefficient (Wildman–Crippen LogP) is 6.57. The fourth-order valence-electron chi connectivity index (χ4n) is 5.31. The van der Waals surface area contributed by atoms with Crippen molar-refractivity contribution in [2.24, 2.45) is 11.8 Å². The van der Waals surface area contributed by atoms with Crippen molar-refractivity contribution in [3.8, 4) is 22.5 Å². The Hall–Kier alpha value is -4.65. The molecular weight excluding hydrogens is 548 g/mol. The largest absolute Gasteiger partial charge is 0.348 e. The topological polar surface area (TPSA) is 101 Å². The van der Waals surface area contributed by atoms with Gasteiger partial charge in [-0.25, -0.2) is 0 Å². The van der Waals surface area contributed by atoms with Crippen LogP contribution in [-0.4, -0.2) is 40.7 Å². The van der Waals surface area contributed by atoms with Crippen LogP contribution >= 0.6 is 0 Å². The zero-order valence-corrected chi connectivity index (χ0v) is 26.0. The molecule has 4 rings (SSSR count). The van der Waals surface area contributed by atoms with Gasteiger partial charge in [-0.1, -0.05) is 76.2 Å². The molecule has 0 aliphatic carbocycles. The molecule has 2 unspecified atom stereocenters. The molecule has 2 aromatic heterocycles. The third kappa shape index (κ3) is 9.17. The van der Waals surface area contributed by atoms with Gasteiger partial charge in [-0.2, -0.15) is 0 Å². The minimum absolute atomic E-state index is 0.155.